The largest absolute Gasteiger partial charge is 0.496 e. The second kappa shape index (κ2) is 10.7. The predicted octanol–water partition coefficient (Wildman–Crippen LogP) is 4.63. The molecule has 2 heterocycles. The smallest absolute Gasteiger partial charge is 0.416 e. The number of nitrogens with zero attached hydrogens (tertiary/aromatic N) is 3. The van der Waals surface area contributed by atoms with Gasteiger partial charge in [-0.25, -0.2) is 0 Å². The van der Waals surface area contributed by atoms with Crippen molar-refractivity contribution in [2.45, 2.75) is 25.4 Å². The van der Waals surface area contributed by atoms with Crippen LogP contribution in [0.25, 0.3) is 0 Å². The third kappa shape index (κ3) is 5.73. The van der Waals surface area contributed by atoms with Crippen molar-refractivity contribution in [3.8, 4) is 5.75 Å². The first-order valence-corrected chi connectivity index (χ1v) is 11.0. The molecule has 1 amide bonds. The van der Waals surface area contributed by atoms with E-state index in [1.54, 1.807) is 13.2 Å². The number of carbonyl (C=O) groups is 1. The minimum absolute atomic E-state index is 0. The van der Waals surface area contributed by atoms with Crippen LogP contribution in [-0.4, -0.2) is 57.2 Å². The number of anilines is 2. The summed E-state index contributed by atoms with van der Waals surface area (Å²) in [5.74, 6) is 0.964. The van der Waals surface area contributed by atoms with E-state index in [2.05, 4.69) is 4.90 Å². The molecule has 0 unspecified atom stereocenters. The molecule has 1 fully saturated rings. The average molecular weight is 484 g/mol. The zero-order valence-corrected chi connectivity index (χ0v) is 19.4. The predicted molar refractivity (Wildman–Crippen MR) is 126 cm³/mol. The summed E-state index contributed by atoms with van der Waals surface area (Å²) in [6.07, 6.45) is -2.30. The minimum atomic E-state index is -4.33. The van der Waals surface area contributed by atoms with Crippen LogP contribution in [-0.2, 0) is 17.4 Å². The maximum atomic E-state index is 13.0. The van der Waals surface area contributed by atoms with E-state index in [1.807, 2.05) is 28.0 Å². The highest BCUT2D eigenvalue weighted by Crippen LogP contribution is 2.35. The molecule has 33 heavy (non-hydrogen) atoms. The Labute approximate surface area is 198 Å². The van der Waals surface area contributed by atoms with Gasteiger partial charge in [0.2, 0.25) is 5.91 Å². The molecule has 0 aliphatic carbocycles. The van der Waals surface area contributed by atoms with Crippen LogP contribution in [0.3, 0.4) is 0 Å². The lowest BCUT2D eigenvalue weighted by atomic mass is 10.00. The molecule has 0 saturated carbocycles. The molecule has 0 atom stereocenters. The van der Waals surface area contributed by atoms with E-state index in [4.69, 9.17) is 4.74 Å². The van der Waals surface area contributed by atoms with Gasteiger partial charge in [-0.3, -0.25) is 9.69 Å². The monoisotopic (exact) mass is 483 g/mol. The van der Waals surface area contributed by atoms with Crippen LogP contribution < -0.4 is 14.5 Å². The number of methoxy groups -OCH3 is 1. The standard InChI is InChI=1S/C24H28F3N3O2.ClH/c1-32-22-8-3-7-21-20(22)9-10-23(31)30(21)12-4-11-28-13-15-29(16-14-28)19-6-2-5-18(17-19)24(25,26)27;/h2-3,5-8,17H,4,9-16H2,1H3;1H. The van der Waals surface area contributed by atoms with Gasteiger partial charge >= 0.3 is 6.18 Å². The van der Waals surface area contributed by atoms with Gasteiger partial charge in [0.05, 0.1) is 18.4 Å². The lowest BCUT2D eigenvalue weighted by molar-refractivity contribution is -0.137. The van der Waals surface area contributed by atoms with Crippen LogP contribution in [0.5, 0.6) is 5.75 Å². The number of carbonyl (C=O) groups excluding carboxylic acids is 1. The molecule has 0 aromatic heterocycles. The topological polar surface area (TPSA) is 36.0 Å². The Hall–Kier alpha value is -2.45. The number of rotatable bonds is 6. The summed E-state index contributed by atoms with van der Waals surface area (Å²) < 4.78 is 44.4. The van der Waals surface area contributed by atoms with Gasteiger partial charge in [0.1, 0.15) is 5.75 Å². The van der Waals surface area contributed by atoms with Crippen LogP contribution in [0.1, 0.15) is 24.0 Å². The zero-order chi connectivity index (χ0) is 22.7. The summed E-state index contributed by atoms with van der Waals surface area (Å²) in [6, 6.07) is 11.3. The molecule has 2 aliphatic heterocycles. The molecule has 4 rings (SSSR count). The van der Waals surface area contributed by atoms with Gasteiger partial charge in [0.25, 0.3) is 0 Å². The van der Waals surface area contributed by atoms with Gasteiger partial charge in [-0.15, -0.1) is 12.4 Å². The van der Waals surface area contributed by atoms with Crippen molar-refractivity contribution in [3.05, 3.63) is 53.6 Å². The maximum absolute atomic E-state index is 13.0. The van der Waals surface area contributed by atoms with E-state index in [-0.39, 0.29) is 18.3 Å². The van der Waals surface area contributed by atoms with Crippen LogP contribution in [0, 0.1) is 0 Å². The molecule has 0 spiro atoms. The van der Waals surface area contributed by atoms with Gasteiger partial charge in [-0.1, -0.05) is 12.1 Å². The van der Waals surface area contributed by atoms with E-state index in [1.165, 1.54) is 12.1 Å². The Morgan fingerprint density at radius 3 is 2.39 bits per heavy atom. The highest BCUT2D eigenvalue weighted by Gasteiger charge is 2.31. The second-order valence-corrected chi connectivity index (χ2v) is 8.23. The highest BCUT2D eigenvalue weighted by molar-refractivity contribution is 5.97. The van der Waals surface area contributed by atoms with E-state index in [0.717, 1.165) is 49.1 Å². The summed E-state index contributed by atoms with van der Waals surface area (Å²) in [5, 5.41) is 0. The normalized spacial score (nSPS) is 16.9. The van der Waals surface area contributed by atoms with Gasteiger partial charge in [-0.05, 0) is 49.7 Å². The number of fused-ring (bicyclic) bond motifs is 1. The average Bonchev–Trinajstić information content (AvgIpc) is 2.80. The van der Waals surface area contributed by atoms with E-state index < -0.39 is 11.7 Å². The molecular formula is C24H29ClF3N3O2. The van der Waals surface area contributed by atoms with E-state index >= 15 is 0 Å². The number of amides is 1. The van der Waals surface area contributed by atoms with Crippen molar-refractivity contribution in [3.63, 3.8) is 0 Å². The fourth-order valence-corrected chi connectivity index (χ4v) is 4.56. The molecule has 2 aromatic rings. The number of hydrogen-bond donors (Lipinski definition) is 0. The third-order valence-corrected chi connectivity index (χ3v) is 6.28. The van der Waals surface area contributed by atoms with Crippen molar-refractivity contribution in [2.75, 3.05) is 56.2 Å². The molecule has 2 aliphatic rings. The quantitative estimate of drug-likeness (QED) is 0.600. The van der Waals surface area contributed by atoms with Crippen LogP contribution in [0.2, 0.25) is 0 Å². The minimum Gasteiger partial charge on any atom is -0.496 e. The van der Waals surface area contributed by atoms with Gasteiger partial charge in [-0.2, -0.15) is 13.2 Å². The van der Waals surface area contributed by atoms with E-state index in [0.29, 0.717) is 38.2 Å². The first kappa shape index (κ1) is 25.2. The first-order valence-electron chi connectivity index (χ1n) is 11.0. The van der Waals surface area contributed by atoms with Crippen molar-refractivity contribution in [1.82, 2.24) is 4.90 Å². The summed E-state index contributed by atoms with van der Waals surface area (Å²) in [4.78, 5) is 18.7. The Bertz CT molecular complexity index is 962. The summed E-state index contributed by atoms with van der Waals surface area (Å²) >= 11 is 0. The summed E-state index contributed by atoms with van der Waals surface area (Å²) in [5.41, 5.74) is 2.03. The molecule has 5 nitrogen and oxygen atoms in total. The summed E-state index contributed by atoms with van der Waals surface area (Å²) in [6.45, 7) is 4.43. The molecule has 0 N–H and O–H groups in total. The number of benzene rings is 2. The lowest BCUT2D eigenvalue weighted by Gasteiger charge is -2.37. The number of halogens is 4. The Morgan fingerprint density at radius 2 is 1.70 bits per heavy atom. The molecule has 2 aromatic carbocycles. The molecule has 180 valence electrons. The van der Waals surface area contributed by atoms with Gasteiger partial charge in [0.15, 0.2) is 0 Å². The molecule has 1 saturated heterocycles. The molecule has 0 radical (unpaired) electrons. The maximum Gasteiger partial charge on any atom is 0.416 e. The molecular weight excluding hydrogens is 455 g/mol. The van der Waals surface area contributed by atoms with Gasteiger partial charge < -0.3 is 14.5 Å². The van der Waals surface area contributed by atoms with Crippen LogP contribution in [0.4, 0.5) is 24.5 Å². The first-order chi connectivity index (χ1) is 15.4. The summed E-state index contributed by atoms with van der Waals surface area (Å²) in [7, 11) is 1.65. The number of alkyl halides is 3. The van der Waals surface area contributed by atoms with Crippen LogP contribution in [0.15, 0.2) is 42.5 Å². The van der Waals surface area contributed by atoms with E-state index in [9.17, 15) is 18.0 Å². The number of hydrogen-bond acceptors (Lipinski definition) is 4. The SMILES string of the molecule is COc1cccc2c1CCC(=O)N2CCCN1CCN(c2cccc(C(F)(F)F)c2)CC1.Cl. The Kier molecular flexibility index (Phi) is 8.13. The van der Waals surface area contributed by atoms with Crippen molar-refractivity contribution >= 4 is 29.7 Å². The van der Waals surface area contributed by atoms with Crippen molar-refractivity contribution in [2.24, 2.45) is 0 Å². The highest BCUT2D eigenvalue weighted by atomic mass is 35.5. The fraction of sp³-hybridized carbons (Fsp3) is 0.458. The number of ether oxygens (including phenoxy) is 1. The lowest BCUT2D eigenvalue weighted by Crippen LogP contribution is -2.47. The van der Waals surface area contributed by atoms with Crippen LogP contribution >= 0.6 is 12.4 Å². The molecule has 0 bridgehead atoms. The van der Waals surface area contributed by atoms with Crippen molar-refractivity contribution in [1.29, 1.82) is 0 Å². The number of piperazine rings is 1. The van der Waals surface area contributed by atoms with Crippen molar-refractivity contribution < 1.29 is 22.7 Å². The second-order valence-electron chi connectivity index (χ2n) is 8.23. The zero-order valence-electron chi connectivity index (χ0n) is 18.6. The molecule has 9 heteroatoms. The fourth-order valence-electron chi connectivity index (χ4n) is 4.56. The third-order valence-electron chi connectivity index (χ3n) is 6.28. The Balaban J connectivity index is 0.00000306. The Morgan fingerprint density at radius 1 is 0.970 bits per heavy atom. The van der Waals surface area contributed by atoms with Gasteiger partial charge in [0, 0.05) is 50.4 Å².